The highest BCUT2D eigenvalue weighted by Crippen LogP contribution is 2.30. The van der Waals surface area contributed by atoms with Gasteiger partial charge in [0.05, 0.1) is 19.3 Å². The molecule has 1 aliphatic rings. The lowest BCUT2D eigenvalue weighted by atomic mass is 9.98. The Balaban J connectivity index is 1.50. The number of hydrogen-bond acceptors (Lipinski definition) is 6. The average Bonchev–Trinajstić information content (AvgIpc) is 3.02. The molecule has 0 radical (unpaired) electrons. The number of aryl methyl sites for hydroxylation is 1. The molecule has 0 saturated carbocycles. The van der Waals surface area contributed by atoms with E-state index in [4.69, 9.17) is 4.74 Å². The minimum atomic E-state index is -0.00953. The summed E-state index contributed by atoms with van der Waals surface area (Å²) in [6, 6.07) is 7.45. The van der Waals surface area contributed by atoms with Crippen molar-refractivity contribution in [3.8, 4) is 5.75 Å². The Morgan fingerprint density at radius 3 is 2.75 bits per heavy atom. The van der Waals surface area contributed by atoms with Gasteiger partial charge in [-0.2, -0.15) is 0 Å². The van der Waals surface area contributed by atoms with Gasteiger partial charge in [0.1, 0.15) is 15.8 Å². The number of methoxy groups -OCH3 is 1. The maximum atomic E-state index is 12.3. The van der Waals surface area contributed by atoms with E-state index in [1.165, 1.54) is 0 Å². The molecule has 3 rings (SSSR count). The first-order valence-corrected chi connectivity index (χ1v) is 8.92. The molecule has 7 heteroatoms. The third-order valence-electron chi connectivity index (χ3n) is 4.23. The third-order valence-corrected chi connectivity index (χ3v) is 5.23. The first-order valence-electron chi connectivity index (χ1n) is 8.11. The molecule has 0 unspecified atom stereocenters. The monoisotopic (exact) mass is 346 g/mol. The van der Waals surface area contributed by atoms with Crippen LogP contribution < -0.4 is 10.1 Å². The minimum absolute atomic E-state index is 0.00953. The predicted molar refractivity (Wildman–Crippen MR) is 94.7 cm³/mol. The molecule has 1 aromatic carbocycles. The number of benzene rings is 1. The number of carbonyl (C=O) groups excluding carboxylic acids is 1. The molecule has 0 aliphatic carbocycles. The van der Waals surface area contributed by atoms with Gasteiger partial charge in [0.25, 0.3) is 0 Å². The Morgan fingerprint density at radius 1 is 1.33 bits per heavy atom. The Bertz CT molecular complexity index is 695. The van der Waals surface area contributed by atoms with Crippen LogP contribution in [0.25, 0.3) is 0 Å². The second-order valence-electron chi connectivity index (χ2n) is 5.96. The number of para-hydroxylation sites is 2. The molecule has 0 bridgehead atoms. The van der Waals surface area contributed by atoms with E-state index in [2.05, 4.69) is 20.4 Å². The van der Waals surface area contributed by atoms with Crippen LogP contribution in [0.1, 0.15) is 28.8 Å². The molecular weight excluding hydrogens is 324 g/mol. The maximum absolute atomic E-state index is 12.3. The fourth-order valence-electron chi connectivity index (χ4n) is 2.96. The first-order chi connectivity index (χ1) is 11.7. The number of anilines is 1. The van der Waals surface area contributed by atoms with Crippen molar-refractivity contribution in [2.75, 3.05) is 32.1 Å². The highest BCUT2D eigenvalue weighted by atomic mass is 32.1. The minimum Gasteiger partial charge on any atom is -0.495 e. The standard InChI is InChI=1S/C17H22N4O2S/c1-12-19-20-17(24-12)13-7-9-21(10-8-13)11-16(22)18-14-5-3-4-6-15(14)23-2/h3-6,13H,7-11H2,1-2H3,(H,18,22). The molecule has 0 spiro atoms. The Hall–Kier alpha value is -1.99. The number of carbonyl (C=O) groups is 1. The van der Waals surface area contributed by atoms with Crippen LogP contribution in [0.15, 0.2) is 24.3 Å². The molecule has 2 heterocycles. The number of likely N-dealkylation sites (tertiary alicyclic amines) is 1. The van der Waals surface area contributed by atoms with E-state index in [-0.39, 0.29) is 5.91 Å². The lowest BCUT2D eigenvalue weighted by Gasteiger charge is -2.30. The summed E-state index contributed by atoms with van der Waals surface area (Å²) in [4.78, 5) is 14.5. The SMILES string of the molecule is COc1ccccc1NC(=O)CN1CCC(c2nnc(C)s2)CC1. The van der Waals surface area contributed by atoms with Crippen molar-refractivity contribution >= 4 is 22.9 Å². The van der Waals surface area contributed by atoms with E-state index in [0.717, 1.165) is 35.9 Å². The maximum Gasteiger partial charge on any atom is 0.238 e. The summed E-state index contributed by atoms with van der Waals surface area (Å²) in [7, 11) is 1.60. The summed E-state index contributed by atoms with van der Waals surface area (Å²) in [5.41, 5.74) is 0.712. The molecule has 1 fully saturated rings. The second-order valence-corrected chi connectivity index (χ2v) is 7.17. The van der Waals surface area contributed by atoms with Gasteiger partial charge in [0.15, 0.2) is 0 Å². The van der Waals surface area contributed by atoms with Crippen molar-refractivity contribution < 1.29 is 9.53 Å². The van der Waals surface area contributed by atoms with E-state index < -0.39 is 0 Å². The van der Waals surface area contributed by atoms with Gasteiger partial charge in [0, 0.05) is 5.92 Å². The first kappa shape index (κ1) is 16.9. The number of ether oxygens (including phenoxy) is 1. The zero-order chi connectivity index (χ0) is 16.9. The van der Waals surface area contributed by atoms with Crippen molar-refractivity contribution in [1.29, 1.82) is 0 Å². The van der Waals surface area contributed by atoms with Crippen LogP contribution in [0.4, 0.5) is 5.69 Å². The normalized spacial score (nSPS) is 16.1. The summed E-state index contributed by atoms with van der Waals surface area (Å²) in [5.74, 6) is 1.14. The Kier molecular flexibility index (Phi) is 5.42. The molecule has 0 atom stereocenters. The third kappa shape index (κ3) is 4.10. The molecule has 6 nitrogen and oxygen atoms in total. The number of hydrogen-bond donors (Lipinski definition) is 1. The van der Waals surface area contributed by atoms with E-state index in [0.29, 0.717) is 23.9 Å². The average molecular weight is 346 g/mol. The molecular formula is C17H22N4O2S. The van der Waals surface area contributed by atoms with Crippen LogP contribution in [0.5, 0.6) is 5.75 Å². The molecule has 24 heavy (non-hydrogen) atoms. The highest BCUT2D eigenvalue weighted by molar-refractivity contribution is 7.11. The van der Waals surface area contributed by atoms with Crippen molar-refractivity contribution in [3.05, 3.63) is 34.3 Å². The van der Waals surface area contributed by atoms with Crippen molar-refractivity contribution in [2.24, 2.45) is 0 Å². The quantitative estimate of drug-likeness (QED) is 0.901. The van der Waals surface area contributed by atoms with E-state index in [9.17, 15) is 4.79 Å². The highest BCUT2D eigenvalue weighted by Gasteiger charge is 2.24. The van der Waals surface area contributed by atoms with Crippen LogP contribution in [-0.2, 0) is 4.79 Å². The summed E-state index contributed by atoms with van der Waals surface area (Å²) in [6.45, 7) is 4.20. The van der Waals surface area contributed by atoms with Crippen molar-refractivity contribution in [1.82, 2.24) is 15.1 Å². The van der Waals surface area contributed by atoms with Crippen LogP contribution in [0.3, 0.4) is 0 Å². The Morgan fingerprint density at radius 2 is 2.08 bits per heavy atom. The predicted octanol–water partition coefficient (Wildman–Crippen LogP) is 2.67. The molecule has 1 saturated heterocycles. The van der Waals surface area contributed by atoms with Gasteiger partial charge in [-0.3, -0.25) is 9.69 Å². The molecule has 1 amide bonds. The second kappa shape index (κ2) is 7.72. The number of aromatic nitrogens is 2. The van der Waals surface area contributed by atoms with E-state index in [1.54, 1.807) is 18.4 Å². The van der Waals surface area contributed by atoms with E-state index in [1.807, 2.05) is 31.2 Å². The summed E-state index contributed by atoms with van der Waals surface area (Å²) in [6.07, 6.45) is 2.05. The van der Waals surface area contributed by atoms with Gasteiger partial charge in [-0.1, -0.05) is 12.1 Å². The fraction of sp³-hybridized carbons (Fsp3) is 0.471. The van der Waals surface area contributed by atoms with Gasteiger partial charge in [-0.05, 0) is 45.0 Å². The van der Waals surface area contributed by atoms with E-state index >= 15 is 0 Å². The zero-order valence-corrected chi connectivity index (χ0v) is 14.8. The van der Waals surface area contributed by atoms with Crippen molar-refractivity contribution in [3.63, 3.8) is 0 Å². The lowest BCUT2D eigenvalue weighted by molar-refractivity contribution is -0.117. The van der Waals surface area contributed by atoms with Gasteiger partial charge < -0.3 is 10.1 Å². The fourth-order valence-corrected chi connectivity index (χ4v) is 3.82. The number of nitrogens with one attached hydrogen (secondary N) is 1. The Labute approximate surface area is 145 Å². The molecule has 1 aromatic heterocycles. The molecule has 2 aromatic rings. The molecule has 1 N–H and O–H groups in total. The van der Waals surface area contributed by atoms with Gasteiger partial charge in [0.2, 0.25) is 5.91 Å². The van der Waals surface area contributed by atoms with Crippen molar-refractivity contribution in [2.45, 2.75) is 25.7 Å². The van der Waals surface area contributed by atoms with Crippen LogP contribution in [0, 0.1) is 6.92 Å². The van der Waals surface area contributed by atoms with Crippen LogP contribution in [0.2, 0.25) is 0 Å². The van der Waals surface area contributed by atoms with Gasteiger partial charge >= 0.3 is 0 Å². The topological polar surface area (TPSA) is 67.3 Å². The smallest absolute Gasteiger partial charge is 0.238 e. The number of piperidine rings is 1. The van der Waals surface area contributed by atoms with Gasteiger partial charge in [-0.15, -0.1) is 21.5 Å². The summed E-state index contributed by atoms with van der Waals surface area (Å²) >= 11 is 1.68. The molecule has 1 aliphatic heterocycles. The molecule has 128 valence electrons. The summed E-state index contributed by atoms with van der Waals surface area (Å²) < 4.78 is 5.26. The summed E-state index contributed by atoms with van der Waals surface area (Å²) in [5, 5.41) is 13.4. The lowest BCUT2D eigenvalue weighted by Crippen LogP contribution is -2.38. The van der Waals surface area contributed by atoms with Crippen LogP contribution in [-0.4, -0.2) is 47.7 Å². The zero-order valence-electron chi connectivity index (χ0n) is 14.0. The number of amides is 1. The largest absolute Gasteiger partial charge is 0.495 e. The number of nitrogens with zero attached hydrogens (tertiary/aromatic N) is 3. The van der Waals surface area contributed by atoms with Crippen LogP contribution >= 0.6 is 11.3 Å². The van der Waals surface area contributed by atoms with Gasteiger partial charge in [-0.25, -0.2) is 0 Å². The number of rotatable bonds is 5.